The predicted molar refractivity (Wildman–Crippen MR) is 79.6 cm³/mol. The molecule has 0 saturated carbocycles. The van der Waals surface area contributed by atoms with Crippen molar-refractivity contribution in [1.29, 1.82) is 0 Å². The van der Waals surface area contributed by atoms with Crippen molar-refractivity contribution in [2.75, 3.05) is 5.32 Å². The van der Waals surface area contributed by atoms with Crippen molar-refractivity contribution in [2.45, 2.75) is 13.5 Å². The maximum absolute atomic E-state index is 11.1. The highest BCUT2D eigenvalue weighted by Gasteiger charge is 2.14. The Kier molecular flexibility index (Phi) is 3.23. The van der Waals surface area contributed by atoms with E-state index < -0.39 is 4.92 Å². The van der Waals surface area contributed by atoms with E-state index in [-0.39, 0.29) is 5.69 Å². The van der Waals surface area contributed by atoms with Crippen LogP contribution in [0, 0.1) is 10.1 Å². The van der Waals surface area contributed by atoms with E-state index in [9.17, 15) is 10.1 Å². The Morgan fingerprint density at radius 3 is 2.86 bits per heavy atom. The van der Waals surface area contributed by atoms with Crippen molar-refractivity contribution < 1.29 is 4.92 Å². The second-order valence-corrected chi connectivity index (χ2v) is 4.52. The zero-order chi connectivity index (χ0) is 14.8. The number of pyridine rings is 1. The summed E-state index contributed by atoms with van der Waals surface area (Å²) in [5.74, 6) is 0. The van der Waals surface area contributed by atoms with Crippen LogP contribution in [0.15, 0.2) is 43.0 Å². The van der Waals surface area contributed by atoms with Crippen molar-refractivity contribution in [3.8, 4) is 0 Å². The van der Waals surface area contributed by atoms with Crippen molar-refractivity contribution in [3.63, 3.8) is 0 Å². The van der Waals surface area contributed by atoms with Crippen LogP contribution in [0.1, 0.15) is 6.92 Å². The lowest BCUT2D eigenvalue weighted by atomic mass is 10.1. The Bertz CT molecular complexity index is 812. The Morgan fingerprint density at radius 2 is 2.14 bits per heavy atom. The van der Waals surface area contributed by atoms with Gasteiger partial charge in [-0.1, -0.05) is 0 Å². The number of nitrogens with zero attached hydrogens (tertiary/aromatic N) is 4. The fourth-order valence-electron chi connectivity index (χ4n) is 2.20. The first kappa shape index (κ1) is 13.0. The van der Waals surface area contributed by atoms with Gasteiger partial charge < -0.3 is 5.32 Å². The minimum absolute atomic E-state index is 0.0490. The summed E-state index contributed by atoms with van der Waals surface area (Å²) in [4.78, 5) is 14.6. The van der Waals surface area contributed by atoms with Crippen molar-refractivity contribution in [2.24, 2.45) is 0 Å². The largest absolute Gasteiger partial charge is 0.352 e. The molecule has 0 saturated heterocycles. The van der Waals surface area contributed by atoms with Gasteiger partial charge in [0.05, 0.1) is 22.2 Å². The topological polar surface area (TPSA) is 85.9 Å². The maximum atomic E-state index is 11.1. The molecule has 0 bridgehead atoms. The summed E-state index contributed by atoms with van der Waals surface area (Å²) in [6, 6.07) is 4.94. The number of hydrogen-bond donors (Lipinski definition) is 1. The van der Waals surface area contributed by atoms with Gasteiger partial charge in [0.25, 0.3) is 5.69 Å². The Balaban J connectivity index is 2.07. The molecule has 0 aliphatic carbocycles. The number of fused-ring (bicyclic) bond motifs is 1. The quantitative estimate of drug-likeness (QED) is 0.587. The first-order valence-electron chi connectivity index (χ1n) is 6.49. The van der Waals surface area contributed by atoms with E-state index in [4.69, 9.17) is 0 Å². The third kappa shape index (κ3) is 2.40. The van der Waals surface area contributed by atoms with Gasteiger partial charge in [0.15, 0.2) is 0 Å². The summed E-state index contributed by atoms with van der Waals surface area (Å²) in [5.41, 5.74) is 1.67. The SMILES string of the molecule is CCn1cc(Nc2ccc([N+](=O)[O-])c3cnccc23)cn1. The van der Waals surface area contributed by atoms with E-state index in [0.717, 1.165) is 23.3 Å². The number of hydrogen-bond acceptors (Lipinski definition) is 5. The van der Waals surface area contributed by atoms with E-state index in [0.29, 0.717) is 5.39 Å². The molecule has 3 rings (SSSR count). The number of non-ortho nitro benzene ring substituents is 1. The van der Waals surface area contributed by atoms with Crippen molar-refractivity contribution >= 4 is 27.8 Å². The second kappa shape index (κ2) is 5.20. The molecule has 7 heteroatoms. The summed E-state index contributed by atoms with van der Waals surface area (Å²) >= 11 is 0. The summed E-state index contributed by atoms with van der Waals surface area (Å²) in [6.07, 6.45) is 6.73. The van der Waals surface area contributed by atoms with Crippen LogP contribution in [-0.2, 0) is 6.54 Å². The number of nitro groups is 1. The van der Waals surface area contributed by atoms with Gasteiger partial charge in [0.1, 0.15) is 0 Å². The average Bonchev–Trinajstić information content (AvgIpc) is 2.95. The smallest absolute Gasteiger partial charge is 0.278 e. The molecule has 106 valence electrons. The number of aryl methyl sites for hydroxylation is 1. The molecule has 2 aromatic heterocycles. The third-order valence-corrected chi connectivity index (χ3v) is 3.23. The van der Waals surface area contributed by atoms with Crippen LogP contribution >= 0.6 is 0 Å². The molecule has 0 aliphatic heterocycles. The molecular formula is C14H13N5O2. The number of rotatable bonds is 4. The van der Waals surface area contributed by atoms with Crippen LogP contribution in [0.3, 0.4) is 0 Å². The van der Waals surface area contributed by atoms with Crippen LogP contribution in [0.2, 0.25) is 0 Å². The molecule has 21 heavy (non-hydrogen) atoms. The number of nitro benzene ring substituents is 1. The van der Waals surface area contributed by atoms with E-state index in [1.165, 1.54) is 12.3 Å². The molecule has 1 N–H and O–H groups in total. The fourth-order valence-corrected chi connectivity index (χ4v) is 2.20. The highest BCUT2D eigenvalue weighted by atomic mass is 16.6. The number of nitrogens with one attached hydrogen (secondary N) is 1. The monoisotopic (exact) mass is 283 g/mol. The summed E-state index contributed by atoms with van der Waals surface area (Å²) in [6.45, 7) is 2.79. The molecule has 1 aromatic carbocycles. The lowest BCUT2D eigenvalue weighted by Crippen LogP contribution is -1.95. The lowest BCUT2D eigenvalue weighted by Gasteiger charge is -2.08. The van der Waals surface area contributed by atoms with Crippen LogP contribution in [0.4, 0.5) is 17.1 Å². The molecule has 0 aliphatic rings. The van der Waals surface area contributed by atoms with Gasteiger partial charge in [-0.15, -0.1) is 0 Å². The van der Waals surface area contributed by atoms with E-state index in [1.807, 2.05) is 13.1 Å². The van der Waals surface area contributed by atoms with Gasteiger partial charge in [-0.25, -0.2) is 0 Å². The summed E-state index contributed by atoms with van der Waals surface area (Å²) < 4.78 is 1.80. The van der Waals surface area contributed by atoms with Gasteiger partial charge >= 0.3 is 0 Å². The second-order valence-electron chi connectivity index (χ2n) is 4.52. The molecule has 0 spiro atoms. The Hall–Kier alpha value is -2.96. The number of anilines is 2. The molecule has 7 nitrogen and oxygen atoms in total. The highest BCUT2D eigenvalue weighted by molar-refractivity contribution is 6.00. The first-order chi connectivity index (χ1) is 10.2. The van der Waals surface area contributed by atoms with Gasteiger partial charge in [0, 0.05) is 42.3 Å². The molecule has 0 radical (unpaired) electrons. The molecule has 0 unspecified atom stereocenters. The molecule has 3 aromatic rings. The van der Waals surface area contributed by atoms with E-state index in [1.54, 1.807) is 29.2 Å². The molecule has 2 heterocycles. The van der Waals surface area contributed by atoms with Gasteiger partial charge in [-0.05, 0) is 19.1 Å². The molecule has 0 fully saturated rings. The minimum Gasteiger partial charge on any atom is -0.352 e. The molecule has 0 amide bonds. The Labute approximate surface area is 120 Å². The van der Waals surface area contributed by atoms with Crippen LogP contribution in [0.5, 0.6) is 0 Å². The zero-order valence-corrected chi connectivity index (χ0v) is 11.4. The van der Waals surface area contributed by atoms with Crippen LogP contribution in [0.25, 0.3) is 10.8 Å². The molecular weight excluding hydrogens is 270 g/mol. The number of benzene rings is 1. The Morgan fingerprint density at radius 1 is 1.29 bits per heavy atom. The van der Waals surface area contributed by atoms with E-state index >= 15 is 0 Å². The van der Waals surface area contributed by atoms with Crippen molar-refractivity contribution in [1.82, 2.24) is 14.8 Å². The van der Waals surface area contributed by atoms with Crippen LogP contribution < -0.4 is 5.32 Å². The first-order valence-corrected chi connectivity index (χ1v) is 6.49. The van der Waals surface area contributed by atoms with E-state index in [2.05, 4.69) is 15.4 Å². The van der Waals surface area contributed by atoms with Crippen molar-refractivity contribution in [3.05, 3.63) is 53.1 Å². The minimum atomic E-state index is -0.400. The normalized spacial score (nSPS) is 10.7. The lowest BCUT2D eigenvalue weighted by molar-refractivity contribution is -0.383. The van der Waals surface area contributed by atoms with Crippen LogP contribution in [-0.4, -0.2) is 19.7 Å². The fraction of sp³-hybridized carbons (Fsp3) is 0.143. The highest BCUT2D eigenvalue weighted by Crippen LogP contribution is 2.32. The maximum Gasteiger partial charge on any atom is 0.278 e. The number of aromatic nitrogens is 3. The molecule has 0 atom stereocenters. The van der Waals surface area contributed by atoms with Gasteiger partial charge in [0.2, 0.25) is 0 Å². The third-order valence-electron chi connectivity index (χ3n) is 3.23. The zero-order valence-electron chi connectivity index (χ0n) is 11.4. The summed E-state index contributed by atoms with van der Waals surface area (Å²) in [5, 5.41) is 19.8. The van der Waals surface area contributed by atoms with Gasteiger partial charge in [-0.2, -0.15) is 5.10 Å². The summed E-state index contributed by atoms with van der Waals surface area (Å²) in [7, 11) is 0. The predicted octanol–water partition coefficient (Wildman–Crippen LogP) is 3.10. The van der Waals surface area contributed by atoms with Gasteiger partial charge in [-0.3, -0.25) is 19.8 Å². The standard InChI is InChI=1S/C14H13N5O2/c1-2-18-9-10(7-16-18)17-13-3-4-14(19(20)21)12-8-15-6-5-11(12)13/h3-9,17H,2H2,1H3. The average molecular weight is 283 g/mol.